The molecule has 1 N–H and O–H groups in total. The molecular formula is C17H18O2. The SMILES string of the molecule is CCc1ccc(C(O)C2COc3ccccc32)cc1. The number of hydrogen-bond acceptors (Lipinski definition) is 2. The van der Waals surface area contributed by atoms with Crippen molar-refractivity contribution in [2.45, 2.75) is 25.4 Å². The lowest BCUT2D eigenvalue weighted by molar-refractivity contribution is 0.130. The molecular weight excluding hydrogens is 236 g/mol. The zero-order valence-electron chi connectivity index (χ0n) is 11.0. The summed E-state index contributed by atoms with van der Waals surface area (Å²) in [5.41, 5.74) is 3.36. The van der Waals surface area contributed by atoms with Crippen LogP contribution < -0.4 is 4.74 Å². The van der Waals surface area contributed by atoms with Crippen molar-refractivity contribution in [3.8, 4) is 5.75 Å². The summed E-state index contributed by atoms with van der Waals surface area (Å²) in [6.45, 7) is 2.68. The third-order valence-electron chi connectivity index (χ3n) is 3.85. The van der Waals surface area contributed by atoms with Crippen molar-refractivity contribution in [3.05, 3.63) is 65.2 Å². The maximum atomic E-state index is 10.6. The fourth-order valence-corrected chi connectivity index (χ4v) is 2.63. The van der Waals surface area contributed by atoms with Gasteiger partial charge in [0, 0.05) is 5.56 Å². The molecule has 0 aliphatic carbocycles. The Morgan fingerprint density at radius 2 is 1.89 bits per heavy atom. The minimum Gasteiger partial charge on any atom is -0.493 e. The number of hydrogen-bond donors (Lipinski definition) is 1. The van der Waals surface area contributed by atoms with E-state index in [1.54, 1.807) is 0 Å². The molecule has 2 aromatic rings. The second kappa shape index (κ2) is 5.06. The molecule has 98 valence electrons. The van der Waals surface area contributed by atoms with Crippen LogP contribution in [0.15, 0.2) is 48.5 Å². The largest absolute Gasteiger partial charge is 0.493 e. The van der Waals surface area contributed by atoms with Gasteiger partial charge in [-0.3, -0.25) is 0 Å². The van der Waals surface area contributed by atoms with E-state index in [-0.39, 0.29) is 5.92 Å². The summed E-state index contributed by atoms with van der Waals surface area (Å²) in [5, 5.41) is 10.6. The van der Waals surface area contributed by atoms with E-state index in [4.69, 9.17) is 4.74 Å². The van der Waals surface area contributed by atoms with Gasteiger partial charge in [-0.2, -0.15) is 0 Å². The molecule has 0 saturated heterocycles. The van der Waals surface area contributed by atoms with Gasteiger partial charge < -0.3 is 9.84 Å². The zero-order valence-corrected chi connectivity index (χ0v) is 11.0. The van der Waals surface area contributed by atoms with Crippen molar-refractivity contribution < 1.29 is 9.84 Å². The smallest absolute Gasteiger partial charge is 0.123 e. The van der Waals surface area contributed by atoms with Crippen LogP contribution in [0.5, 0.6) is 5.75 Å². The molecule has 0 saturated carbocycles. The molecule has 1 aliphatic heterocycles. The van der Waals surface area contributed by atoms with Crippen molar-refractivity contribution in [1.29, 1.82) is 0 Å². The first-order valence-electron chi connectivity index (χ1n) is 6.78. The average Bonchev–Trinajstić information content (AvgIpc) is 2.90. The molecule has 1 heterocycles. The lowest BCUT2D eigenvalue weighted by Crippen LogP contribution is -2.12. The highest BCUT2D eigenvalue weighted by Crippen LogP contribution is 2.40. The highest BCUT2D eigenvalue weighted by Gasteiger charge is 2.30. The van der Waals surface area contributed by atoms with Gasteiger partial charge in [0.15, 0.2) is 0 Å². The lowest BCUT2D eigenvalue weighted by Gasteiger charge is -2.17. The second-order valence-electron chi connectivity index (χ2n) is 5.00. The summed E-state index contributed by atoms with van der Waals surface area (Å²) >= 11 is 0. The van der Waals surface area contributed by atoms with Crippen molar-refractivity contribution >= 4 is 0 Å². The van der Waals surface area contributed by atoms with E-state index >= 15 is 0 Å². The molecule has 0 bridgehead atoms. The molecule has 2 unspecified atom stereocenters. The Hall–Kier alpha value is -1.80. The van der Waals surface area contributed by atoms with Crippen molar-refractivity contribution in [2.24, 2.45) is 0 Å². The Labute approximate surface area is 113 Å². The van der Waals surface area contributed by atoms with E-state index in [1.807, 2.05) is 36.4 Å². The predicted molar refractivity (Wildman–Crippen MR) is 75.5 cm³/mol. The summed E-state index contributed by atoms with van der Waals surface area (Å²) in [4.78, 5) is 0. The molecule has 19 heavy (non-hydrogen) atoms. The summed E-state index contributed by atoms with van der Waals surface area (Å²) in [6, 6.07) is 16.2. The summed E-state index contributed by atoms with van der Waals surface area (Å²) in [6.07, 6.45) is 0.515. The Kier molecular flexibility index (Phi) is 3.26. The van der Waals surface area contributed by atoms with Crippen LogP contribution in [0.25, 0.3) is 0 Å². The number of ether oxygens (including phenoxy) is 1. The maximum Gasteiger partial charge on any atom is 0.123 e. The average molecular weight is 254 g/mol. The number of fused-ring (bicyclic) bond motifs is 1. The lowest BCUT2D eigenvalue weighted by atomic mass is 9.90. The normalized spacial score (nSPS) is 18.7. The highest BCUT2D eigenvalue weighted by molar-refractivity contribution is 5.41. The van der Waals surface area contributed by atoms with Crippen LogP contribution in [0.1, 0.15) is 35.6 Å². The molecule has 0 radical (unpaired) electrons. The molecule has 0 spiro atoms. The van der Waals surface area contributed by atoms with Gasteiger partial charge in [-0.1, -0.05) is 49.4 Å². The van der Waals surface area contributed by atoms with Gasteiger partial charge in [0.1, 0.15) is 5.75 Å². The Balaban J connectivity index is 1.86. The van der Waals surface area contributed by atoms with E-state index in [0.717, 1.165) is 23.3 Å². The first kappa shape index (κ1) is 12.2. The van der Waals surface area contributed by atoms with Gasteiger partial charge in [-0.15, -0.1) is 0 Å². The van der Waals surface area contributed by atoms with E-state index in [2.05, 4.69) is 19.1 Å². The molecule has 2 nitrogen and oxygen atoms in total. The molecule has 0 aromatic heterocycles. The minimum absolute atomic E-state index is 0.0312. The van der Waals surface area contributed by atoms with Crippen molar-refractivity contribution in [2.75, 3.05) is 6.61 Å². The van der Waals surface area contributed by atoms with E-state index in [9.17, 15) is 5.11 Å². The summed E-state index contributed by atoms with van der Waals surface area (Å²) < 4.78 is 5.64. The molecule has 1 aliphatic rings. The maximum absolute atomic E-state index is 10.6. The number of aliphatic hydroxyl groups is 1. The second-order valence-corrected chi connectivity index (χ2v) is 5.00. The summed E-state index contributed by atoms with van der Waals surface area (Å²) in [7, 11) is 0. The van der Waals surface area contributed by atoms with Crippen molar-refractivity contribution in [1.82, 2.24) is 0 Å². The predicted octanol–water partition coefficient (Wildman–Crippen LogP) is 3.46. The molecule has 0 amide bonds. The minimum atomic E-state index is -0.505. The van der Waals surface area contributed by atoms with Crippen LogP contribution in [0.3, 0.4) is 0 Å². The van der Waals surface area contributed by atoms with Crippen LogP contribution in [-0.2, 0) is 6.42 Å². The molecule has 2 aromatic carbocycles. The number of benzene rings is 2. The number of rotatable bonds is 3. The third-order valence-corrected chi connectivity index (χ3v) is 3.85. The first-order chi connectivity index (χ1) is 9.29. The van der Waals surface area contributed by atoms with E-state index < -0.39 is 6.10 Å². The van der Waals surface area contributed by atoms with Crippen LogP contribution >= 0.6 is 0 Å². The Bertz CT molecular complexity index is 560. The van der Waals surface area contributed by atoms with E-state index in [0.29, 0.717) is 6.61 Å². The quantitative estimate of drug-likeness (QED) is 0.909. The molecule has 3 rings (SSSR count). The third kappa shape index (κ3) is 2.24. The molecule has 2 heteroatoms. The number of para-hydroxylation sites is 1. The Morgan fingerprint density at radius 3 is 2.63 bits per heavy atom. The van der Waals surface area contributed by atoms with Gasteiger partial charge >= 0.3 is 0 Å². The van der Waals surface area contributed by atoms with Crippen LogP contribution in [0, 0.1) is 0 Å². The zero-order chi connectivity index (χ0) is 13.2. The fourth-order valence-electron chi connectivity index (χ4n) is 2.63. The monoisotopic (exact) mass is 254 g/mol. The van der Waals surface area contributed by atoms with Crippen LogP contribution in [-0.4, -0.2) is 11.7 Å². The topological polar surface area (TPSA) is 29.5 Å². The molecule has 2 atom stereocenters. The van der Waals surface area contributed by atoms with Gasteiger partial charge in [-0.05, 0) is 23.6 Å². The van der Waals surface area contributed by atoms with Gasteiger partial charge in [0.2, 0.25) is 0 Å². The highest BCUT2D eigenvalue weighted by atomic mass is 16.5. The number of aryl methyl sites for hydroxylation is 1. The molecule has 0 fully saturated rings. The van der Waals surface area contributed by atoms with E-state index in [1.165, 1.54) is 5.56 Å². The van der Waals surface area contributed by atoms with Crippen molar-refractivity contribution in [3.63, 3.8) is 0 Å². The Morgan fingerprint density at radius 1 is 1.16 bits per heavy atom. The van der Waals surface area contributed by atoms with Gasteiger partial charge in [0.05, 0.1) is 18.6 Å². The van der Waals surface area contributed by atoms with Crippen LogP contribution in [0.2, 0.25) is 0 Å². The fraction of sp³-hybridized carbons (Fsp3) is 0.294. The first-order valence-corrected chi connectivity index (χ1v) is 6.78. The van der Waals surface area contributed by atoms with Crippen LogP contribution in [0.4, 0.5) is 0 Å². The van der Waals surface area contributed by atoms with Gasteiger partial charge in [0.25, 0.3) is 0 Å². The standard InChI is InChI=1S/C17H18O2/c1-2-12-7-9-13(10-8-12)17(18)15-11-19-16-6-4-3-5-14(15)16/h3-10,15,17-18H,2,11H2,1H3. The van der Waals surface area contributed by atoms with Gasteiger partial charge in [-0.25, -0.2) is 0 Å². The number of aliphatic hydroxyl groups excluding tert-OH is 1. The summed E-state index contributed by atoms with van der Waals surface area (Å²) in [5.74, 6) is 0.931.